The van der Waals surface area contributed by atoms with E-state index in [1.165, 1.54) is 5.56 Å². The maximum atomic E-state index is 12.5. The van der Waals surface area contributed by atoms with Gasteiger partial charge in [-0.2, -0.15) is 0 Å². The van der Waals surface area contributed by atoms with E-state index in [2.05, 4.69) is 36.0 Å². The summed E-state index contributed by atoms with van der Waals surface area (Å²) in [4.78, 5) is 19.2. The molecule has 0 fully saturated rings. The zero-order chi connectivity index (χ0) is 19.2. The molecule has 0 aliphatic heterocycles. The molecule has 5 heteroatoms. The van der Waals surface area contributed by atoms with E-state index in [0.29, 0.717) is 11.6 Å². The van der Waals surface area contributed by atoms with Gasteiger partial charge in [-0.1, -0.05) is 19.1 Å². The van der Waals surface area contributed by atoms with Crippen molar-refractivity contribution >= 4 is 22.9 Å². The van der Waals surface area contributed by atoms with Gasteiger partial charge in [0.05, 0.1) is 0 Å². The standard InChI is InChI=1S/C22H25N3OS/c1-4-25(16(2)3)15-17-5-7-18(8-6-17)21(26)24-20-11-9-19(10-12-20)22-23-13-14-27-22/h5-14,16H,4,15H2,1-3H3,(H,24,26). The third-order valence-electron chi connectivity index (χ3n) is 4.56. The molecule has 0 saturated heterocycles. The Morgan fingerprint density at radius 2 is 1.81 bits per heavy atom. The minimum atomic E-state index is -0.0974. The van der Waals surface area contributed by atoms with E-state index in [1.807, 2.05) is 53.9 Å². The third kappa shape index (κ3) is 5.02. The highest BCUT2D eigenvalue weighted by Crippen LogP contribution is 2.23. The predicted molar refractivity (Wildman–Crippen MR) is 113 cm³/mol. The number of anilines is 1. The number of hydrogen-bond donors (Lipinski definition) is 1. The number of aromatic nitrogens is 1. The lowest BCUT2D eigenvalue weighted by molar-refractivity contribution is 0.102. The number of thiazole rings is 1. The van der Waals surface area contributed by atoms with Crippen LogP contribution in [-0.2, 0) is 6.54 Å². The first-order valence-corrected chi connectivity index (χ1v) is 10.1. The number of rotatable bonds is 7. The molecule has 4 nitrogen and oxygen atoms in total. The van der Waals surface area contributed by atoms with Crippen LogP contribution in [0, 0.1) is 0 Å². The Kier molecular flexibility index (Phi) is 6.37. The molecule has 1 aromatic heterocycles. The Hall–Kier alpha value is -2.50. The first-order chi connectivity index (χ1) is 13.1. The van der Waals surface area contributed by atoms with Crippen LogP contribution in [0.2, 0.25) is 0 Å². The zero-order valence-electron chi connectivity index (χ0n) is 16.0. The van der Waals surface area contributed by atoms with Crippen molar-refractivity contribution in [2.75, 3.05) is 11.9 Å². The van der Waals surface area contributed by atoms with Crippen LogP contribution in [0.4, 0.5) is 5.69 Å². The van der Waals surface area contributed by atoms with Crippen molar-refractivity contribution in [1.29, 1.82) is 0 Å². The molecule has 1 N–H and O–H groups in total. The van der Waals surface area contributed by atoms with Crippen molar-refractivity contribution in [2.24, 2.45) is 0 Å². The SMILES string of the molecule is CCN(Cc1ccc(C(=O)Nc2ccc(-c3nccs3)cc2)cc1)C(C)C. The molecule has 0 radical (unpaired) electrons. The van der Waals surface area contributed by atoms with Gasteiger partial charge < -0.3 is 5.32 Å². The van der Waals surface area contributed by atoms with E-state index < -0.39 is 0 Å². The Labute approximate surface area is 164 Å². The Balaban J connectivity index is 1.62. The molecule has 0 saturated carbocycles. The summed E-state index contributed by atoms with van der Waals surface area (Å²) in [6.45, 7) is 8.48. The molecule has 0 spiro atoms. The van der Waals surface area contributed by atoms with Crippen LogP contribution in [0.1, 0.15) is 36.7 Å². The molecule has 0 unspecified atom stereocenters. The van der Waals surface area contributed by atoms with Gasteiger partial charge in [-0.05, 0) is 62.4 Å². The number of nitrogens with zero attached hydrogens (tertiary/aromatic N) is 2. The largest absolute Gasteiger partial charge is 0.322 e. The van der Waals surface area contributed by atoms with Gasteiger partial charge in [0.1, 0.15) is 5.01 Å². The maximum Gasteiger partial charge on any atom is 0.255 e. The molecule has 3 rings (SSSR count). The van der Waals surface area contributed by atoms with Crippen LogP contribution >= 0.6 is 11.3 Å². The van der Waals surface area contributed by atoms with Crippen molar-refractivity contribution in [1.82, 2.24) is 9.88 Å². The van der Waals surface area contributed by atoms with Gasteiger partial charge in [0.15, 0.2) is 0 Å². The highest BCUT2D eigenvalue weighted by atomic mass is 32.1. The second-order valence-electron chi connectivity index (χ2n) is 6.72. The third-order valence-corrected chi connectivity index (χ3v) is 5.38. The second-order valence-corrected chi connectivity index (χ2v) is 7.62. The number of carbonyl (C=O) groups excluding carboxylic acids is 1. The van der Waals surface area contributed by atoms with Crippen molar-refractivity contribution in [2.45, 2.75) is 33.4 Å². The Morgan fingerprint density at radius 3 is 2.37 bits per heavy atom. The summed E-state index contributed by atoms with van der Waals surface area (Å²) in [6, 6.07) is 16.1. The number of carbonyl (C=O) groups is 1. The first-order valence-electron chi connectivity index (χ1n) is 9.21. The molecule has 1 amide bonds. The van der Waals surface area contributed by atoms with Crippen molar-refractivity contribution in [3.63, 3.8) is 0 Å². The van der Waals surface area contributed by atoms with Crippen LogP contribution in [-0.4, -0.2) is 28.4 Å². The lowest BCUT2D eigenvalue weighted by atomic mass is 10.1. The number of hydrogen-bond acceptors (Lipinski definition) is 4. The van der Waals surface area contributed by atoms with E-state index in [4.69, 9.17) is 0 Å². The van der Waals surface area contributed by atoms with Crippen LogP contribution in [0.5, 0.6) is 0 Å². The van der Waals surface area contributed by atoms with E-state index in [-0.39, 0.29) is 5.91 Å². The quantitative estimate of drug-likeness (QED) is 0.606. The summed E-state index contributed by atoms with van der Waals surface area (Å²) in [5, 5.41) is 5.89. The molecule has 3 aromatic rings. The van der Waals surface area contributed by atoms with Crippen LogP contribution in [0.15, 0.2) is 60.1 Å². The maximum absolute atomic E-state index is 12.5. The van der Waals surface area contributed by atoms with Gasteiger partial charge in [0.2, 0.25) is 0 Å². The smallest absolute Gasteiger partial charge is 0.255 e. The fourth-order valence-electron chi connectivity index (χ4n) is 2.92. The highest BCUT2D eigenvalue weighted by Gasteiger charge is 2.10. The fourth-order valence-corrected chi connectivity index (χ4v) is 3.57. The second kappa shape index (κ2) is 8.93. The number of amides is 1. The van der Waals surface area contributed by atoms with E-state index in [1.54, 1.807) is 17.5 Å². The molecule has 0 atom stereocenters. The van der Waals surface area contributed by atoms with Crippen molar-refractivity contribution < 1.29 is 4.79 Å². The summed E-state index contributed by atoms with van der Waals surface area (Å²) >= 11 is 1.60. The molecule has 140 valence electrons. The average molecular weight is 380 g/mol. The molecule has 0 aliphatic rings. The van der Waals surface area contributed by atoms with Gasteiger partial charge in [0.25, 0.3) is 5.91 Å². The van der Waals surface area contributed by atoms with Crippen molar-refractivity contribution in [3.8, 4) is 10.6 Å². The van der Waals surface area contributed by atoms with E-state index in [9.17, 15) is 4.79 Å². The van der Waals surface area contributed by atoms with Crippen LogP contribution in [0.25, 0.3) is 10.6 Å². The normalized spacial score (nSPS) is 11.1. The Morgan fingerprint density at radius 1 is 1.11 bits per heavy atom. The lowest BCUT2D eigenvalue weighted by Gasteiger charge is -2.24. The van der Waals surface area contributed by atoms with Gasteiger partial charge in [-0.25, -0.2) is 4.98 Å². The first kappa shape index (κ1) is 19.3. The molecular weight excluding hydrogens is 354 g/mol. The fraction of sp³-hybridized carbons (Fsp3) is 0.273. The van der Waals surface area contributed by atoms with Crippen LogP contribution in [0.3, 0.4) is 0 Å². The minimum absolute atomic E-state index is 0.0974. The molecule has 0 bridgehead atoms. The summed E-state index contributed by atoms with van der Waals surface area (Å²) in [5.74, 6) is -0.0974. The highest BCUT2D eigenvalue weighted by molar-refractivity contribution is 7.13. The number of benzene rings is 2. The Bertz CT molecular complexity index is 856. The average Bonchev–Trinajstić information content (AvgIpc) is 3.21. The summed E-state index contributed by atoms with van der Waals surface area (Å²) < 4.78 is 0. The summed E-state index contributed by atoms with van der Waals surface area (Å²) in [7, 11) is 0. The predicted octanol–water partition coefficient (Wildman–Crippen LogP) is 5.29. The van der Waals surface area contributed by atoms with E-state index in [0.717, 1.165) is 29.3 Å². The minimum Gasteiger partial charge on any atom is -0.322 e. The van der Waals surface area contributed by atoms with Gasteiger partial charge in [-0.15, -0.1) is 11.3 Å². The molecule has 2 aromatic carbocycles. The van der Waals surface area contributed by atoms with E-state index >= 15 is 0 Å². The molecule has 0 aliphatic carbocycles. The summed E-state index contributed by atoms with van der Waals surface area (Å²) in [6.07, 6.45) is 1.79. The van der Waals surface area contributed by atoms with Gasteiger partial charge >= 0.3 is 0 Å². The topological polar surface area (TPSA) is 45.2 Å². The lowest BCUT2D eigenvalue weighted by Crippen LogP contribution is -2.29. The number of nitrogens with one attached hydrogen (secondary N) is 1. The zero-order valence-corrected chi connectivity index (χ0v) is 16.8. The van der Waals surface area contributed by atoms with Crippen molar-refractivity contribution in [3.05, 3.63) is 71.2 Å². The summed E-state index contributed by atoms with van der Waals surface area (Å²) in [5.41, 5.74) is 3.71. The van der Waals surface area contributed by atoms with Gasteiger partial charge in [-0.3, -0.25) is 9.69 Å². The molecular formula is C22H25N3OS. The van der Waals surface area contributed by atoms with Gasteiger partial charge in [0, 0.05) is 41.0 Å². The monoisotopic (exact) mass is 379 g/mol. The van der Waals surface area contributed by atoms with Crippen LogP contribution < -0.4 is 5.32 Å². The molecule has 1 heterocycles. The molecule has 27 heavy (non-hydrogen) atoms.